The zero-order chi connectivity index (χ0) is 13.8. The molecule has 1 aliphatic rings. The maximum absolute atomic E-state index is 12.2. The van der Waals surface area contributed by atoms with Gasteiger partial charge >= 0.3 is 6.36 Å². The summed E-state index contributed by atoms with van der Waals surface area (Å²) >= 11 is 5.90. The summed E-state index contributed by atoms with van der Waals surface area (Å²) in [6.07, 6.45) is 2.33. The smallest absolute Gasteiger partial charge is 0.404 e. The van der Waals surface area contributed by atoms with E-state index < -0.39 is 6.36 Å². The molecule has 0 unspecified atom stereocenters. The van der Waals surface area contributed by atoms with Gasteiger partial charge in [0.15, 0.2) is 0 Å². The summed E-state index contributed by atoms with van der Waals surface area (Å²) in [5, 5.41) is 0.225. The van der Waals surface area contributed by atoms with Crippen molar-refractivity contribution in [3.63, 3.8) is 0 Å². The van der Waals surface area contributed by atoms with Crippen LogP contribution in [0.25, 0.3) is 0 Å². The van der Waals surface area contributed by atoms with Crippen molar-refractivity contribution in [1.29, 1.82) is 0 Å². The monoisotopic (exact) mass is 274 g/mol. The second-order valence-electron chi connectivity index (χ2n) is 3.23. The number of halogens is 4. The molecular formula is C13H10ClF3O. The van der Waals surface area contributed by atoms with Crippen LogP contribution in [0.1, 0.15) is 6.92 Å². The van der Waals surface area contributed by atoms with Gasteiger partial charge in [0.2, 0.25) is 0 Å². The Balaban J connectivity index is 3.13. The predicted molar refractivity (Wildman–Crippen MR) is 64.7 cm³/mol. The molecule has 0 atom stereocenters. The SMILES string of the molecule is C=C/C(Cl)=C(\C=C/C)C1=C=CC=C1OC(F)(F)F. The Kier molecular flexibility index (Phi) is 4.65. The van der Waals surface area contributed by atoms with Gasteiger partial charge in [-0.15, -0.1) is 18.9 Å². The largest absolute Gasteiger partial charge is 0.573 e. The second-order valence-corrected chi connectivity index (χ2v) is 3.64. The van der Waals surface area contributed by atoms with Gasteiger partial charge in [-0.1, -0.05) is 36.4 Å². The van der Waals surface area contributed by atoms with Gasteiger partial charge in [0.05, 0.1) is 5.57 Å². The fourth-order valence-corrected chi connectivity index (χ4v) is 1.49. The first kappa shape index (κ1) is 14.4. The molecule has 0 aromatic heterocycles. The summed E-state index contributed by atoms with van der Waals surface area (Å²) < 4.78 is 40.5. The third-order valence-corrected chi connectivity index (χ3v) is 2.33. The Morgan fingerprint density at radius 2 is 2.17 bits per heavy atom. The number of rotatable bonds is 4. The molecule has 1 aliphatic carbocycles. The van der Waals surface area contributed by atoms with Gasteiger partial charge in [-0.05, 0) is 19.1 Å². The molecule has 0 bridgehead atoms. The van der Waals surface area contributed by atoms with E-state index in [1.165, 1.54) is 18.2 Å². The van der Waals surface area contributed by atoms with Crippen molar-refractivity contribution in [1.82, 2.24) is 0 Å². The molecular weight excluding hydrogens is 265 g/mol. The fourth-order valence-electron chi connectivity index (χ4n) is 1.33. The van der Waals surface area contributed by atoms with Gasteiger partial charge in [0.25, 0.3) is 0 Å². The van der Waals surface area contributed by atoms with Crippen LogP contribution in [-0.4, -0.2) is 6.36 Å². The summed E-state index contributed by atoms with van der Waals surface area (Å²) in [5.74, 6) is -0.337. The Morgan fingerprint density at radius 3 is 2.67 bits per heavy atom. The van der Waals surface area contributed by atoms with E-state index in [1.54, 1.807) is 19.1 Å². The average molecular weight is 275 g/mol. The number of hydrogen-bond acceptors (Lipinski definition) is 1. The summed E-state index contributed by atoms with van der Waals surface area (Å²) in [5.41, 5.74) is 3.18. The molecule has 96 valence electrons. The molecule has 0 aromatic carbocycles. The first-order valence-electron chi connectivity index (χ1n) is 4.97. The Bertz CT molecular complexity index is 501. The number of hydrogen-bond donors (Lipinski definition) is 0. The van der Waals surface area contributed by atoms with Crippen LogP contribution in [-0.2, 0) is 4.74 Å². The van der Waals surface area contributed by atoms with Gasteiger partial charge in [0.1, 0.15) is 5.76 Å². The summed E-state index contributed by atoms with van der Waals surface area (Å²) in [6, 6.07) is 0. The molecule has 0 amide bonds. The van der Waals surface area contributed by atoms with Crippen LogP contribution in [0.4, 0.5) is 13.2 Å². The Labute approximate surface area is 108 Å². The summed E-state index contributed by atoms with van der Waals surface area (Å²) in [4.78, 5) is 0. The lowest BCUT2D eigenvalue weighted by Crippen LogP contribution is -2.13. The van der Waals surface area contributed by atoms with Gasteiger partial charge in [0, 0.05) is 10.6 Å². The van der Waals surface area contributed by atoms with Crippen molar-refractivity contribution in [3.05, 3.63) is 64.6 Å². The van der Waals surface area contributed by atoms with Crippen LogP contribution >= 0.6 is 11.6 Å². The molecule has 0 aliphatic heterocycles. The zero-order valence-electron chi connectivity index (χ0n) is 9.51. The van der Waals surface area contributed by atoms with E-state index >= 15 is 0 Å². The topological polar surface area (TPSA) is 9.23 Å². The van der Waals surface area contributed by atoms with Crippen molar-refractivity contribution >= 4 is 11.6 Å². The van der Waals surface area contributed by atoms with E-state index in [4.69, 9.17) is 11.6 Å². The van der Waals surface area contributed by atoms with Crippen LogP contribution in [0.15, 0.2) is 64.6 Å². The third kappa shape index (κ3) is 3.69. The van der Waals surface area contributed by atoms with Gasteiger partial charge in [-0.2, -0.15) is 0 Å². The van der Waals surface area contributed by atoms with E-state index in [9.17, 15) is 13.2 Å². The van der Waals surface area contributed by atoms with Crippen LogP contribution in [0.3, 0.4) is 0 Å². The van der Waals surface area contributed by atoms with Gasteiger partial charge in [-0.3, -0.25) is 0 Å². The standard InChI is InChI=1S/C13H10ClF3O/c1-3-6-9(11(14)4-2)10-7-5-8-12(10)18-13(15,16)17/h3-6,8H,2H2,1H3/b6-3-,11-9-. The lowest BCUT2D eigenvalue weighted by Gasteiger charge is -2.13. The zero-order valence-corrected chi connectivity index (χ0v) is 10.3. The van der Waals surface area contributed by atoms with Gasteiger partial charge < -0.3 is 4.74 Å². The molecule has 1 nitrogen and oxygen atoms in total. The maximum atomic E-state index is 12.2. The maximum Gasteiger partial charge on any atom is 0.573 e. The normalized spacial score (nSPS) is 16.5. The number of alkyl halides is 3. The van der Waals surface area contributed by atoms with E-state index in [0.717, 1.165) is 0 Å². The molecule has 1 rings (SSSR count). The number of allylic oxidation sites excluding steroid dienone is 6. The molecule has 18 heavy (non-hydrogen) atoms. The van der Waals surface area contributed by atoms with E-state index in [2.05, 4.69) is 17.0 Å². The van der Waals surface area contributed by atoms with Crippen LogP contribution in [0.2, 0.25) is 0 Å². The molecule has 0 heterocycles. The molecule has 0 saturated heterocycles. The molecule has 5 heteroatoms. The molecule has 0 N–H and O–H groups in total. The van der Waals surface area contributed by atoms with E-state index in [-0.39, 0.29) is 16.4 Å². The van der Waals surface area contributed by atoms with Crippen molar-refractivity contribution in [2.45, 2.75) is 13.3 Å². The van der Waals surface area contributed by atoms with E-state index in [1.807, 2.05) is 0 Å². The minimum Gasteiger partial charge on any atom is -0.404 e. The first-order valence-corrected chi connectivity index (χ1v) is 5.35. The molecule has 0 spiro atoms. The highest BCUT2D eigenvalue weighted by Gasteiger charge is 2.34. The van der Waals surface area contributed by atoms with Crippen LogP contribution in [0, 0.1) is 0 Å². The minimum atomic E-state index is -4.75. The van der Waals surface area contributed by atoms with Crippen molar-refractivity contribution in [2.75, 3.05) is 0 Å². The van der Waals surface area contributed by atoms with Crippen molar-refractivity contribution < 1.29 is 17.9 Å². The predicted octanol–water partition coefficient (Wildman–Crippen LogP) is 4.76. The lowest BCUT2D eigenvalue weighted by molar-refractivity contribution is -0.303. The summed E-state index contributed by atoms with van der Waals surface area (Å²) in [6.45, 7) is 5.20. The van der Waals surface area contributed by atoms with Crippen molar-refractivity contribution in [2.24, 2.45) is 0 Å². The summed E-state index contributed by atoms with van der Waals surface area (Å²) in [7, 11) is 0. The minimum absolute atomic E-state index is 0.148. The highest BCUT2D eigenvalue weighted by Crippen LogP contribution is 2.33. The Morgan fingerprint density at radius 1 is 1.50 bits per heavy atom. The average Bonchev–Trinajstić information content (AvgIpc) is 2.70. The van der Waals surface area contributed by atoms with Crippen LogP contribution in [0.5, 0.6) is 0 Å². The Hall–Kier alpha value is -1.64. The molecule has 0 radical (unpaired) electrons. The second kappa shape index (κ2) is 5.80. The highest BCUT2D eigenvalue weighted by atomic mass is 35.5. The highest BCUT2D eigenvalue weighted by molar-refractivity contribution is 6.32. The number of ether oxygens (including phenoxy) is 1. The quantitative estimate of drug-likeness (QED) is 0.531. The molecule has 0 saturated carbocycles. The van der Waals surface area contributed by atoms with Crippen LogP contribution < -0.4 is 0 Å². The first-order chi connectivity index (χ1) is 8.39. The lowest BCUT2D eigenvalue weighted by atomic mass is 10.1. The molecule has 0 fully saturated rings. The van der Waals surface area contributed by atoms with Gasteiger partial charge in [-0.25, -0.2) is 0 Å². The fraction of sp³-hybridized carbons (Fsp3) is 0.154. The molecule has 0 aromatic rings. The van der Waals surface area contributed by atoms with Crippen molar-refractivity contribution in [3.8, 4) is 0 Å². The van der Waals surface area contributed by atoms with E-state index in [0.29, 0.717) is 5.57 Å². The third-order valence-electron chi connectivity index (χ3n) is 1.97.